The number of aliphatic hydroxyl groups excluding tert-OH is 1. The second-order valence-electron chi connectivity index (χ2n) is 4.05. The molecule has 1 unspecified atom stereocenters. The summed E-state index contributed by atoms with van der Waals surface area (Å²) < 4.78 is 0. The van der Waals surface area contributed by atoms with Crippen molar-refractivity contribution in [1.82, 2.24) is 4.98 Å². The van der Waals surface area contributed by atoms with Gasteiger partial charge in [0.25, 0.3) is 5.91 Å². The molecule has 2 aromatic rings. The van der Waals surface area contributed by atoms with Gasteiger partial charge in [-0.25, -0.2) is 0 Å². The van der Waals surface area contributed by atoms with Crippen LogP contribution in [0.2, 0.25) is 5.02 Å². The fourth-order valence-electron chi connectivity index (χ4n) is 1.86. The van der Waals surface area contributed by atoms with Gasteiger partial charge in [-0.3, -0.25) is 9.78 Å². The van der Waals surface area contributed by atoms with Gasteiger partial charge in [0, 0.05) is 33.4 Å². The van der Waals surface area contributed by atoms with E-state index in [1.54, 1.807) is 24.5 Å². The molecule has 1 aromatic heterocycles. The average molecular weight is 293 g/mol. The molecular weight excluding hydrogens is 284 g/mol. The first-order valence-corrected chi connectivity index (χ1v) is 6.75. The molecule has 1 aliphatic heterocycles. The Balaban J connectivity index is 1.97. The van der Waals surface area contributed by atoms with Crippen LogP contribution >= 0.6 is 23.4 Å². The third-order valence-electron chi connectivity index (χ3n) is 2.78. The SMILES string of the molecule is O=C1Nc2cc(Sc3ccncc3)c(Cl)cc2C1O. The molecule has 0 radical (unpaired) electrons. The number of benzene rings is 1. The second kappa shape index (κ2) is 4.85. The first-order valence-electron chi connectivity index (χ1n) is 5.55. The fraction of sp³-hybridized carbons (Fsp3) is 0.0769. The molecule has 6 heteroatoms. The van der Waals surface area contributed by atoms with Crippen LogP contribution in [0.5, 0.6) is 0 Å². The van der Waals surface area contributed by atoms with Crippen molar-refractivity contribution in [3.8, 4) is 0 Å². The molecule has 1 atom stereocenters. The van der Waals surface area contributed by atoms with E-state index in [-0.39, 0.29) is 0 Å². The van der Waals surface area contributed by atoms with Gasteiger partial charge < -0.3 is 10.4 Å². The monoisotopic (exact) mass is 292 g/mol. The molecule has 1 amide bonds. The average Bonchev–Trinajstić information content (AvgIpc) is 2.67. The highest BCUT2D eigenvalue weighted by Crippen LogP contribution is 2.40. The van der Waals surface area contributed by atoms with Gasteiger partial charge >= 0.3 is 0 Å². The van der Waals surface area contributed by atoms with Crippen molar-refractivity contribution >= 4 is 35.0 Å². The van der Waals surface area contributed by atoms with Crippen LogP contribution in [0.25, 0.3) is 0 Å². The number of rotatable bonds is 2. The molecule has 4 nitrogen and oxygen atoms in total. The molecule has 0 saturated carbocycles. The maximum atomic E-state index is 11.4. The summed E-state index contributed by atoms with van der Waals surface area (Å²) in [5, 5.41) is 12.8. The van der Waals surface area contributed by atoms with Crippen LogP contribution in [0.1, 0.15) is 11.7 Å². The van der Waals surface area contributed by atoms with Crippen molar-refractivity contribution in [1.29, 1.82) is 0 Å². The van der Waals surface area contributed by atoms with E-state index in [9.17, 15) is 9.90 Å². The lowest BCUT2D eigenvalue weighted by molar-refractivity contribution is -0.123. The number of halogens is 1. The molecule has 3 rings (SSSR count). The van der Waals surface area contributed by atoms with Crippen LogP contribution < -0.4 is 5.32 Å². The Morgan fingerprint density at radius 2 is 2.05 bits per heavy atom. The van der Waals surface area contributed by atoms with Crippen LogP contribution in [0, 0.1) is 0 Å². The molecule has 2 heterocycles. The molecule has 0 fully saturated rings. The molecule has 0 aliphatic carbocycles. The van der Waals surface area contributed by atoms with Crippen LogP contribution in [-0.2, 0) is 4.79 Å². The van der Waals surface area contributed by atoms with Crippen molar-refractivity contribution in [3.05, 3.63) is 47.2 Å². The van der Waals surface area contributed by atoms with E-state index < -0.39 is 12.0 Å². The van der Waals surface area contributed by atoms with E-state index in [4.69, 9.17) is 11.6 Å². The van der Waals surface area contributed by atoms with E-state index in [0.29, 0.717) is 16.3 Å². The Kier molecular flexibility index (Phi) is 3.18. The molecule has 1 aromatic carbocycles. The Bertz CT molecular complexity index is 649. The number of nitrogens with zero attached hydrogens (tertiary/aromatic N) is 1. The minimum atomic E-state index is -1.13. The Labute approximate surface area is 118 Å². The molecule has 0 spiro atoms. The molecule has 2 N–H and O–H groups in total. The fourth-order valence-corrected chi connectivity index (χ4v) is 2.99. The Morgan fingerprint density at radius 3 is 2.79 bits per heavy atom. The summed E-state index contributed by atoms with van der Waals surface area (Å²) in [5.74, 6) is -0.419. The van der Waals surface area contributed by atoms with Crippen LogP contribution in [-0.4, -0.2) is 16.0 Å². The van der Waals surface area contributed by atoms with Crippen LogP contribution in [0.3, 0.4) is 0 Å². The summed E-state index contributed by atoms with van der Waals surface area (Å²) in [6.07, 6.45) is 2.28. The number of hydrogen-bond acceptors (Lipinski definition) is 4. The number of nitrogens with one attached hydrogen (secondary N) is 1. The zero-order chi connectivity index (χ0) is 13.4. The molecule has 0 bridgehead atoms. The zero-order valence-corrected chi connectivity index (χ0v) is 11.2. The first-order chi connectivity index (χ1) is 9.15. The maximum absolute atomic E-state index is 11.4. The minimum absolute atomic E-state index is 0.419. The van der Waals surface area contributed by atoms with Crippen molar-refractivity contribution in [2.75, 3.05) is 5.32 Å². The summed E-state index contributed by atoms with van der Waals surface area (Å²) in [5.41, 5.74) is 1.13. The Hall–Kier alpha value is -1.56. The number of amides is 1. The number of carbonyl (C=O) groups is 1. The van der Waals surface area contributed by atoms with Gasteiger partial charge in [-0.2, -0.15) is 0 Å². The first kappa shape index (κ1) is 12.5. The largest absolute Gasteiger partial charge is 0.378 e. The highest BCUT2D eigenvalue weighted by molar-refractivity contribution is 7.99. The van der Waals surface area contributed by atoms with E-state index >= 15 is 0 Å². The number of aliphatic hydroxyl groups is 1. The van der Waals surface area contributed by atoms with Crippen LogP contribution in [0.4, 0.5) is 5.69 Å². The van der Waals surface area contributed by atoms with Gasteiger partial charge in [-0.1, -0.05) is 23.4 Å². The van der Waals surface area contributed by atoms with Gasteiger partial charge in [-0.05, 0) is 24.3 Å². The summed E-state index contributed by atoms with van der Waals surface area (Å²) in [4.78, 5) is 17.2. The second-order valence-corrected chi connectivity index (χ2v) is 5.57. The van der Waals surface area contributed by atoms with E-state index in [2.05, 4.69) is 10.3 Å². The summed E-state index contributed by atoms with van der Waals surface area (Å²) in [6, 6.07) is 7.16. The third-order valence-corrected chi connectivity index (χ3v) is 4.27. The lowest BCUT2D eigenvalue weighted by atomic mass is 10.1. The van der Waals surface area contributed by atoms with Crippen molar-refractivity contribution < 1.29 is 9.90 Å². The highest BCUT2D eigenvalue weighted by Gasteiger charge is 2.29. The third kappa shape index (κ3) is 2.32. The summed E-state index contributed by atoms with van der Waals surface area (Å²) >= 11 is 7.66. The topological polar surface area (TPSA) is 62.2 Å². The Morgan fingerprint density at radius 1 is 1.32 bits per heavy atom. The molecule has 0 saturated heterocycles. The number of hydrogen-bond donors (Lipinski definition) is 2. The standard InChI is InChI=1S/C13H9ClN2O2S/c14-9-5-8-10(16-13(18)12(8)17)6-11(9)19-7-1-3-15-4-2-7/h1-6,12,17H,(H,16,18). The molecule has 96 valence electrons. The quantitative estimate of drug-likeness (QED) is 0.893. The zero-order valence-electron chi connectivity index (χ0n) is 9.63. The summed E-state index contributed by atoms with van der Waals surface area (Å²) in [7, 11) is 0. The number of carbonyl (C=O) groups excluding carboxylic acids is 1. The minimum Gasteiger partial charge on any atom is -0.378 e. The molecule has 19 heavy (non-hydrogen) atoms. The van der Waals surface area contributed by atoms with Gasteiger partial charge in [-0.15, -0.1) is 0 Å². The number of aromatic nitrogens is 1. The smallest absolute Gasteiger partial charge is 0.257 e. The van der Waals surface area contributed by atoms with Gasteiger partial charge in [0.05, 0.1) is 5.02 Å². The van der Waals surface area contributed by atoms with E-state index in [0.717, 1.165) is 9.79 Å². The van der Waals surface area contributed by atoms with E-state index in [1.165, 1.54) is 11.8 Å². The van der Waals surface area contributed by atoms with Gasteiger partial charge in [0.2, 0.25) is 0 Å². The lowest BCUT2D eigenvalue weighted by Crippen LogP contribution is -2.10. The van der Waals surface area contributed by atoms with Crippen molar-refractivity contribution in [2.45, 2.75) is 15.9 Å². The predicted octanol–water partition coefficient (Wildman–Crippen LogP) is 2.87. The van der Waals surface area contributed by atoms with Gasteiger partial charge in [0.1, 0.15) is 0 Å². The van der Waals surface area contributed by atoms with Crippen molar-refractivity contribution in [3.63, 3.8) is 0 Å². The number of pyridine rings is 1. The van der Waals surface area contributed by atoms with Crippen LogP contribution in [0.15, 0.2) is 46.5 Å². The number of fused-ring (bicyclic) bond motifs is 1. The molecular formula is C13H9ClN2O2S. The maximum Gasteiger partial charge on any atom is 0.257 e. The van der Waals surface area contributed by atoms with Crippen molar-refractivity contribution in [2.24, 2.45) is 0 Å². The lowest BCUT2D eigenvalue weighted by Gasteiger charge is -2.07. The predicted molar refractivity (Wildman–Crippen MR) is 73.4 cm³/mol. The normalized spacial score (nSPS) is 17.2. The summed E-state index contributed by atoms with van der Waals surface area (Å²) in [6.45, 7) is 0. The van der Waals surface area contributed by atoms with Gasteiger partial charge in [0.15, 0.2) is 6.10 Å². The van der Waals surface area contributed by atoms with E-state index in [1.807, 2.05) is 12.1 Å². The highest BCUT2D eigenvalue weighted by atomic mass is 35.5. The molecule has 1 aliphatic rings. The number of anilines is 1.